The van der Waals surface area contributed by atoms with Gasteiger partial charge in [0.15, 0.2) is 0 Å². The second kappa shape index (κ2) is 7.13. The van der Waals surface area contributed by atoms with Crippen molar-refractivity contribution in [2.45, 2.75) is 12.5 Å². The number of rotatable bonds is 7. The van der Waals surface area contributed by atoms with Gasteiger partial charge in [-0.1, -0.05) is 37.3 Å². The van der Waals surface area contributed by atoms with Crippen molar-refractivity contribution in [3.8, 4) is 0 Å². The van der Waals surface area contributed by atoms with Gasteiger partial charge in [0.25, 0.3) is 0 Å². The van der Waals surface area contributed by atoms with E-state index in [9.17, 15) is 0 Å². The maximum atomic E-state index is 5.76. The van der Waals surface area contributed by atoms with Crippen LogP contribution in [0.1, 0.15) is 18.0 Å². The lowest BCUT2D eigenvalue weighted by atomic mass is 10.2. The van der Waals surface area contributed by atoms with Crippen molar-refractivity contribution in [1.29, 1.82) is 0 Å². The van der Waals surface area contributed by atoms with Crippen molar-refractivity contribution >= 4 is 20.4 Å². The Morgan fingerprint density at radius 2 is 1.76 bits per heavy atom. The Kier molecular flexibility index (Phi) is 6.15. The van der Waals surface area contributed by atoms with E-state index in [1.807, 2.05) is 18.2 Å². The fourth-order valence-electron chi connectivity index (χ4n) is 1.81. The summed E-state index contributed by atoms with van der Waals surface area (Å²) in [6.07, 6.45) is 0. The molecule has 0 N–H and O–H groups in total. The minimum Gasteiger partial charge on any atom is -0.376 e. The predicted molar refractivity (Wildman–Crippen MR) is 71.3 cm³/mol. The fourth-order valence-corrected chi connectivity index (χ4v) is 4.36. The van der Waals surface area contributed by atoms with Gasteiger partial charge >= 0.3 is 8.80 Å². The molecule has 1 unspecified atom stereocenters. The van der Waals surface area contributed by atoms with Crippen LogP contribution in [-0.2, 0) is 13.3 Å². The summed E-state index contributed by atoms with van der Waals surface area (Å²) in [5.41, 5.74) is 1.24. The van der Waals surface area contributed by atoms with Gasteiger partial charge in [0.1, 0.15) is 0 Å². The molecular weight excluding hydrogens is 256 g/mol. The molecule has 0 fully saturated rings. The third-order valence-electron chi connectivity index (χ3n) is 2.78. The monoisotopic (exact) mass is 274 g/mol. The quantitative estimate of drug-likeness (QED) is 0.565. The molecular formula is C12H19ClO3Si. The first-order chi connectivity index (χ1) is 8.20. The molecule has 5 heteroatoms. The van der Waals surface area contributed by atoms with Crippen molar-refractivity contribution in [2.75, 3.05) is 26.7 Å². The summed E-state index contributed by atoms with van der Waals surface area (Å²) in [5.74, 6) is 0.434. The van der Waals surface area contributed by atoms with Crippen LogP contribution in [0.3, 0.4) is 0 Å². The van der Waals surface area contributed by atoms with Crippen LogP contribution >= 0.6 is 11.6 Å². The Bertz CT molecular complexity index is 317. The molecule has 0 aliphatic heterocycles. The van der Waals surface area contributed by atoms with Crippen molar-refractivity contribution in [2.24, 2.45) is 0 Å². The summed E-state index contributed by atoms with van der Waals surface area (Å²) in [6, 6.07) is 10.1. The van der Waals surface area contributed by atoms with Crippen LogP contribution < -0.4 is 0 Å². The highest BCUT2D eigenvalue weighted by molar-refractivity contribution is 6.62. The third-order valence-corrected chi connectivity index (χ3v) is 6.07. The highest BCUT2D eigenvalue weighted by Crippen LogP contribution is 2.28. The van der Waals surface area contributed by atoms with E-state index in [0.29, 0.717) is 12.5 Å². The smallest absolute Gasteiger partial charge is 0.376 e. The molecule has 0 amide bonds. The third kappa shape index (κ3) is 3.53. The first kappa shape index (κ1) is 14.7. The van der Waals surface area contributed by atoms with Crippen LogP contribution in [0, 0.1) is 0 Å². The Morgan fingerprint density at radius 1 is 1.18 bits per heavy atom. The van der Waals surface area contributed by atoms with Gasteiger partial charge in [0, 0.05) is 20.1 Å². The molecule has 0 bridgehead atoms. The molecule has 0 spiro atoms. The number of hydrogen-bond donors (Lipinski definition) is 0. The summed E-state index contributed by atoms with van der Waals surface area (Å²) in [4.78, 5) is 0. The first-order valence-corrected chi connectivity index (χ1v) is 7.89. The SMILES string of the molecule is CO[Si](OC)(OCCCl)C(C)c1ccccc1. The lowest BCUT2D eigenvalue weighted by molar-refractivity contribution is 0.0958. The first-order valence-electron chi connectivity index (χ1n) is 5.55. The summed E-state index contributed by atoms with van der Waals surface area (Å²) in [5, 5.41) is 0. The topological polar surface area (TPSA) is 27.7 Å². The van der Waals surface area contributed by atoms with Crippen LogP contribution in [0.2, 0.25) is 0 Å². The molecule has 0 aliphatic rings. The zero-order chi connectivity index (χ0) is 12.7. The van der Waals surface area contributed by atoms with E-state index >= 15 is 0 Å². The minimum atomic E-state index is -2.69. The van der Waals surface area contributed by atoms with Crippen molar-refractivity contribution in [1.82, 2.24) is 0 Å². The number of alkyl halides is 1. The fraction of sp³-hybridized carbons (Fsp3) is 0.500. The van der Waals surface area contributed by atoms with Gasteiger partial charge in [0.05, 0.1) is 12.1 Å². The molecule has 0 saturated heterocycles. The van der Waals surface area contributed by atoms with Crippen LogP contribution in [0.25, 0.3) is 0 Å². The van der Waals surface area contributed by atoms with E-state index in [-0.39, 0.29) is 5.54 Å². The average molecular weight is 275 g/mol. The van der Waals surface area contributed by atoms with Gasteiger partial charge in [0.2, 0.25) is 0 Å². The molecule has 0 heterocycles. The molecule has 17 heavy (non-hydrogen) atoms. The highest BCUT2D eigenvalue weighted by Gasteiger charge is 2.46. The van der Waals surface area contributed by atoms with E-state index in [2.05, 4.69) is 19.1 Å². The largest absolute Gasteiger partial charge is 0.508 e. The molecule has 0 radical (unpaired) electrons. The Morgan fingerprint density at radius 3 is 2.24 bits per heavy atom. The number of halogens is 1. The standard InChI is InChI=1S/C12H19ClO3Si/c1-11(12-7-5-4-6-8-12)17(14-2,15-3)16-10-9-13/h4-8,11H,9-10H2,1-3H3. The highest BCUT2D eigenvalue weighted by atomic mass is 35.5. The predicted octanol–water partition coefficient (Wildman–Crippen LogP) is 2.82. The van der Waals surface area contributed by atoms with Crippen molar-refractivity contribution in [3.05, 3.63) is 35.9 Å². The normalized spacial score (nSPS) is 13.6. The van der Waals surface area contributed by atoms with Crippen LogP contribution in [-0.4, -0.2) is 35.5 Å². The number of benzene rings is 1. The van der Waals surface area contributed by atoms with Crippen molar-refractivity contribution in [3.63, 3.8) is 0 Å². The minimum absolute atomic E-state index is 0.0851. The van der Waals surface area contributed by atoms with E-state index in [4.69, 9.17) is 24.9 Å². The van der Waals surface area contributed by atoms with Gasteiger partial charge in [-0.05, 0) is 5.56 Å². The Hall–Kier alpha value is -0.393. The Labute approximate surface area is 109 Å². The molecule has 1 aromatic carbocycles. The molecule has 0 aliphatic carbocycles. The molecule has 0 saturated carbocycles. The lowest BCUT2D eigenvalue weighted by Crippen LogP contribution is -2.49. The van der Waals surface area contributed by atoms with E-state index in [1.165, 1.54) is 0 Å². The van der Waals surface area contributed by atoms with Crippen LogP contribution in [0.5, 0.6) is 0 Å². The molecule has 1 rings (SSSR count). The van der Waals surface area contributed by atoms with Gasteiger partial charge in [-0.2, -0.15) is 0 Å². The summed E-state index contributed by atoms with van der Waals surface area (Å²) in [7, 11) is 0.564. The lowest BCUT2D eigenvalue weighted by Gasteiger charge is -2.31. The maximum Gasteiger partial charge on any atom is 0.508 e. The van der Waals surface area contributed by atoms with E-state index < -0.39 is 8.80 Å². The molecule has 1 aromatic rings. The van der Waals surface area contributed by atoms with Gasteiger partial charge in [-0.25, -0.2) is 0 Å². The van der Waals surface area contributed by atoms with Gasteiger partial charge in [-0.15, -0.1) is 11.6 Å². The van der Waals surface area contributed by atoms with Crippen LogP contribution in [0.15, 0.2) is 30.3 Å². The second-order valence-corrected chi connectivity index (χ2v) is 7.24. The second-order valence-electron chi connectivity index (χ2n) is 3.68. The number of hydrogen-bond acceptors (Lipinski definition) is 3. The summed E-state index contributed by atoms with van der Waals surface area (Å²) >= 11 is 5.66. The van der Waals surface area contributed by atoms with Crippen LogP contribution in [0.4, 0.5) is 0 Å². The van der Waals surface area contributed by atoms with E-state index in [0.717, 1.165) is 5.56 Å². The summed E-state index contributed by atoms with van der Waals surface area (Å²) < 4.78 is 16.8. The Balaban J connectivity index is 2.90. The maximum absolute atomic E-state index is 5.76. The van der Waals surface area contributed by atoms with Gasteiger partial charge in [-0.3, -0.25) is 0 Å². The molecule has 96 valence electrons. The van der Waals surface area contributed by atoms with Gasteiger partial charge < -0.3 is 13.3 Å². The summed E-state index contributed by atoms with van der Waals surface area (Å²) in [6.45, 7) is 2.50. The average Bonchev–Trinajstić information content (AvgIpc) is 2.41. The zero-order valence-corrected chi connectivity index (χ0v) is 12.2. The molecule has 1 atom stereocenters. The van der Waals surface area contributed by atoms with E-state index in [1.54, 1.807) is 14.2 Å². The molecule has 0 aromatic heterocycles. The zero-order valence-electron chi connectivity index (χ0n) is 10.5. The van der Waals surface area contributed by atoms with Crippen molar-refractivity contribution < 1.29 is 13.3 Å². The molecule has 3 nitrogen and oxygen atoms in total.